The molecule has 0 spiro atoms. The number of imide groups is 1. The highest BCUT2D eigenvalue weighted by Gasteiger charge is 2.56. The molecule has 8 rings (SSSR count). The monoisotopic (exact) mass is 622 g/mol. The van der Waals surface area contributed by atoms with E-state index in [1.54, 1.807) is 49.4 Å². The maximum Gasteiger partial charge on any atom is 0.238 e. The standard InChI is InChI=1S/C39H30N2O6/c1-3-7-21-8-6-9-25(36(21)44)32-24-16-17-26-33(27(24)19-28-34(32)30(42)18-20(2)35(28)43)39(46)41(38(26)45)23-14-12-22(13-15-23)37-40-29-10-4-5-11-31(29)47-37/h3-6,8-16,18,26-27,32-33,44H,1,7,17,19H2,2H3/t26-,27+,32+,33-/m0/s1. The van der Waals surface area contributed by atoms with Crippen LogP contribution in [-0.4, -0.2) is 33.5 Å². The zero-order valence-corrected chi connectivity index (χ0v) is 25.6. The number of benzene rings is 3. The first-order chi connectivity index (χ1) is 22.8. The van der Waals surface area contributed by atoms with Gasteiger partial charge in [-0.2, -0.15) is 0 Å². The third-order valence-corrected chi connectivity index (χ3v) is 10.1. The molecular formula is C39H30N2O6. The second kappa shape index (κ2) is 10.7. The lowest BCUT2D eigenvalue weighted by Gasteiger charge is -2.42. The molecule has 1 N–H and O–H groups in total. The lowest BCUT2D eigenvalue weighted by atomic mass is 9.59. The fourth-order valence-electron chi connectivity index (χ4n) is 7.91. The van der Waals surface area contributed by atoms with Crippen LogP contribution in [0, 0.1) is 17.8 Å². The predicted octanol–water partition coefficient (Wildman–Crippen LogP) is 6.56. The Balaban J connectivity index is 1.18. The second-order valence-corrected chi connectivity index (χ2v) is 12.6. The Hall–Kier alpha value is -5.63. The molecule has 1 fully saturated rings. The highest BCUT2D eigenvalue weighted by Crippen LogP contribution is 2.56. The van der Waals surface area contributed by atoms with Gasteiger partial charge >= 0.3 is 0 Å². The molecule has 0 saturated carbocycles. The van der Waals surface area contributed by atoms with E-state index in [1.165, 1.54) is 11.0 Å². The van der Waals surface area contributed by atoms with E-state index in [-0.39, 0.29) is 35.6 Å². The number of phenolic OH excluding ortho intramolecular Hbond substituents is 1. The highest BCUT2D eigenvalue weighted by atomic mass is 16.3. The molecule has 3 aromatic carbocycles. The molecular weight excluding hydrogens is 592 g/mol. The molecule has 8 nitrogen and oxygen atoms in total. The number of nitrogens with zero attached hydrogens (tertiary/aromatic N) is 2. The molecule has 1 saturated heterocycles. The average molecular weight is 623 g/mol. The minimum atomic E-state index is -0.720. The van der Waals surface area contributed by atoms with Crippen LogP contribution in [-0.2, 0) is 25.6 Å². The molecule has 2 amide bonds. The van der Waals surface area contributed by atoms with Gasteiger partial charge in [-0.15, -0.1) is 6.58 Å². The van der Waals surface area contributed by atoms with Crippen molar-refractivity contribution >= 4 is 40.2 Å². The fraction of sp³-hybridized carbons (Fsp3) is 0.205. The molecule has 0 radical (unpaired) electrons. The number of ketones is 2. The topological polar surface area (TPSA) is 118 Å². The number of amides is 2. The van der Waals surface area contributed by atoms with Gasteiger partial charge in [-0.05, 0) is 80.1 Å². The Labute approximate surface area is 270 Å². The highest BCUT2D eigenvalue weighted by molar-refractivity contribution is 6.25. The van der Waals surface area contributed by atoms with Crippen LogP contribution in [0.1, 0.15) is 36.8 Å². The van der Waals surface area contributed by atoms with E-state index >= 15 is 0 Å². The molecule has 47 heavy (non-hydrogen) atoms. The van der Waals surface area contributed by atoms with E-state index in [1.807, 2.05) is 36.4 Å². The number of phenols is 1. The van der Waals surface area contributed by atoms with Crippen LogP contribution in [0.4, 0.5) is 5.69 Å². The summed E-state index contributed by atoms with van der Waals surface area (Å²) in [6.45, 7) is 5.41. The molecule has 1 aromatic heterocycles. The number of oxazole rings is 1. The second-order valence-electron chi connectivity index (χ2n) is 12.6. The molecule has 0 unspecified atom stereocenters. The number of para-hydroxylation sites is 3. The van der Waals surface area contributed by atoms with Crippen molar-refractivity contribution in [2.75, 3.05) is 4.90 Å². The SMILES string of the molecule is C=CCc1cccc([C@H]2C3=CC[C@@H]4C(=O)N(c5ccc(-c6nc7ccccc7o6)cc5)C(=O)[C@@H]4[C@@H]3CC3=C2C(=O)C=C(C)C3=O)c1O. The third-order valence-electron chi connectivity index (χ3n) is 10.1. The third kappa shape index (κ3) is 4.31. The van der Waals surface area contributed by atoms with Gasteiger partial charge in [0.1, 0.15) is 11.3 Å². The first kappa shape index (κ1) is 28.8. The fourth-order valence-corrected chi connectivity index (χ4v) is 7.91. The summed E-state index contributed by atoms with van der Waals surface area (Å²) in [4.78, 5) is 61.2. The van der Waals surface area contributed by atoms with E-state index in [0.717, 1.165) is 11.1 Å². The number of aromatic hydroxyl groups is 1. The molecule has 4 aliphatic rings. The molecule has 0 bridgehead atoms. The van der Waals surface area contributed by atoms with Gasteiger partial charge in [-0.1, -0.05) is 48.1 Å². The Morgan fingerprint density at radius 2 is 1.77 bits per heavy atom. The zero-order chi connectivity index (χ0) is 32.6. The summed E-state index contributed by atoms with van der Waals surface area (Å²) in [6.07, 6.45) is 5.91. The largest absolute Gasteiger partial charge is 0.507 e. The molecule has 4 atom stereocenters. The quantitative estimate of drug-likeness (QED) is 0.152. The van der Waals surface area contributed by atoms with Crippen LogP contribution in [0.15, 0.2) is 118 Å². The van der Waals surface area contributed by atoms with Crippen LogP contribution in [0.5, 0.6) is 5.75 Å². The number of aromatic nitrogens is 1. The predicted molar refractivity (Wildman–Crippen MR) is 175 cm³/mol. The van der Waals surface area contributed by atoms with E-state index in [0.29, 0.717) is 63.4 Å². The van der Waals surface area contributed by atoms with Gasteiger partial charge in [0.25, 0.3) is 0 Å². The van der Waals surface area contributed by atoms with E-state index in [9.17, 15) is 24.3 Å². The number of hydrogen-bond acceptors (Lipinski definition) is 7. The summed E-state index contributed by atoms with van der Waals surface area (Å²) >= 11 is 0. The smallest absolute Gasteiger partial charge is 0.238 e. The lowest BCUT2D eigenvalue weighted by molar-refractivity contribution is -0.123. The van der Waals surface area contributed by atoms with Crippen molar-refractivity contribution in [3.05, 3.63) is 125 Å². The van der Waals surface area contributed by atoms with E-state index in [2.05, 4.69) is 11.6 Å². The number of rotatable bonds is 5. The van der Waals surface area contributed by atoms with Gasteiger partial charge in [-0.25, -0.2) is 4.98 Å². The van der Waals surface area contributed by atoms with Crippen LogP contribution in [0.25, 0.3) is 22.6 Å². The lowest BCUT2D eigenvalue weighted by Crippen LogP contribution is -2.39. The van der Waals surface area contributed by atoms with Crippen LogP contribution < -0.4 is 4.90 Å². The van der Waals surface area contributed by atoms with Gasteiger partial charge < -0.3 is 9.52 Å². The summed E-state index contributed by atoms with van der Waals surface area (Å²) < 4.78 is 5.89. The minimum absolute atomic E-state index is 0.0360. The Morgan fingerprint density at radius 1 is 0.979 bits per heavy atom. The van der Waals surface area contributed by atoms with Crippen molar-refractivity contribution in [1.29, 1.82) is 0 Å². The zero-order valence-electron chi connectivity index (χ0n) is 25.6. The number of Topliss-reactive ketones (excluding diaryl/α,β-unsaturated/α-hetero) is 1. The van der Waals surface area contributed by atoms with Crippen LogP contribution in [0.3, 0.4) is 0 Å². The number of hydrogen-bond donors (Lipinski definition) is 1. The van der Waals surface area contributed by atoms with E-state index < -0.39 is 23.7 Å². The number of anilines is 1. The minimum Gasteiger partial charge on any atom is -0.507 e. The van der Waals surface area contributed by atoms with Crippen molar-refractivity contribution in [2.45, 2.75) is 32.1 Å². The molecule has 8 heteroatoms. The summed E-state index contributed by atoms with van der Waals surface area (Å²) in [5, 5.41) is 11.4. The number of allylic oxidation sites excluding steroid dienone is 7. The summed E-state index contributed by atoms with van der Waals surface area (Å²) in [6, 6.07) is 19.8. The van der Waals surface area contributed by atoms with Gasteiger partial charge in [0.05, 0.1) is 17.5 Å². The van der Waals surface area contributed by atoms with Crippen LogP contribution in [0.2, 0.25) is 0 Å². The van der Waals surface area contributed by atoms with Gasteiger partial charge in [0.15, 0.2) is 17.1 Å². The summed E-state index contributed by atoms with van der Waals surface area (Å²) in [5.41, 5.74) is 5.54. The normalized spacial score (nSPS) is 23.8. The maximum atomic E-state index is 14.3. The van der Waals surface area contributed by atoms with Crippen molar-refractivity contribution in [2.24, 2.45) is 17.8 Å². The van der Waals surface area contributed by atoms with Gasteiger partial charge in [0.2, 0.25) is 17.7 Å². The Morgan fingerprint density at radius 3 is 2.53 bits per heavy atom. The van der Waals surface area contributed by atoms with Crippen molar-refractivity contribution in [1.82, 2.24) is 4.98 Å². The molecule has 232 valence electrons. The number of carbonyl (C=O) groups is 4. The molecule has 1 aliphatic heterocycles. The molecule has 4 aromatic rings. The maximum absolute atomic E-state index is 14.3. The van der Waals surface area contributed by atoms with Gasteiger partial charge in [0, 0.05) is 33.8 Å². The van der Waals surface area contributed by atoms with Crippen LogP contribution >= 0.6 is 0 Å². The van der Waals surface area contributed by atoms with Gasteiger partial charge in [-0.3, -0.25) is 24.1 Å². The molecule has 2 heterocycles. The van der Waals surface area contributed by atoms with E-state index in [4.69, 9.17) is 4.42 Å². The van der Waals surface area contributed by atoms with Crippen molar-refractivity contribution in [3.8, 4) is 17.2 Å². The number of carbonyl (C=O) groups excluding carboxylic acids is 4. The Kier molecular flexibility index (Phi) is 6.58. The number of fused-ring (bicyclic) bond motifs is 4. The first-order valence-electron chi connectivity index (χ1n) is 15.7. The average Bonchev–Trinajstić information content (AvgIpc) is 3.62. The summed E-state index contributed by atoms with van der Waals surface area (Å²) in [7, 11) is 0. The Bertz CT molecular complexity index is 2130. The van der Waals surface area contributed by atoms with Crippen molar-refractivity contribution in [3.63, 3.8) is 0 Å². The van der Waals surface area contributed by atoms with Crippen molar-refractivity contribution < 1.29 is 28.7 Å². The molecule has 3 aliphatic carbocycles. The first-order valence-corrected chi connectivity index (χ1v) is 15.7. The summed E-state index contributed by atoms with van der Waals surface area (Å²) in [5.74, 6) is -3.21.